The summed E-state index contributed by atoms with van der Waals surface area (Å²) in [5, 5.41) is 22.8. The molecule has 0 heterocycles. The normalized spacial score (nSPS) is 12.2. The molecule has 0 spiro atoms. The van der Waals surface area contributed by atoms with Crippen LogP contribution in [0.1, 0.15) is 18.5 Å². The molecule has 0 saturated carbocycles. The van der Waals surface area contributed by atoms with Gasteiger partial charge in [-0.2, -0.15) is 0 Å². The van der Waals surface area contributed by atoms with Crippen LogP contribution < -0.4 is 5.32 Å². The second-order valence-corrected chi connectivity index (χ2v) is 4.64. The molecule has 0 radical (unpaired) electrons. The van der Waals surface area contributed by atoms with E-state index >= 15 is 0 Å². The van der Waals surface area contributed by atoms with Crippen LogP contribution in [0.2, 0.25) is 5.02 Å². The molecule has 19 heavy (non-hydrogen) atoms. The van der Waals surface area contributed by atoms with Crippen LogP contribution in [-0.2, 0) is 0 Å². The number of aromatic hydroxyl groups is 2. The molecule has 1 atom stereocenters. The summed E-state index contributed by atoms with van der Waals surface area (Å²) in [7, 11) is 0. The molecular formula is C14H13ClFNO2. The quantitative estimate of drug-likeness (QED) is 0.795. The Labute approximate surface area is 115 Å². The smallest absolute Gasteiger partial charge is 0.146 e. The van der Waals surface area contributed by atoms with E-state index in [-0.39, 0.29) is 17.2 Å². The van der Waals surface area contributed by atoms with Crippen LogP contribution in [-0.4, -0.2) is 10.2 Å². The maximum absolute atomic E-state index is 13.6. The number of phenolic OH excluding ortho intramolecular Hbond substituents is 2. The van der Waals surface area contributed by atoms with Gasteiger partial charge in [0.2, 0.25) is 0 Å². The molecule has 2 aromatic carbocycles. The van der Waals surface area contributed by atoms with Gasteiger partial charge in [0.1, 0.15) is 17.3 Å². The minimum absolute atomic E-state index is 0.0533. The number of nitrogens with one attached hydrogen (secondary N) is 1. The Morgan fingerprint density at radius 2 is 1.79 bits per heavy atom. The summed E-state index contributed by atoms with van der Waals surface area (Å²) in [6, 6.07) is 8.12. The lowest BCUT2D eigenvalue weighted by Gasteiger charge is -2.18. The number of benzene rings is 2. The third-order valence-electron chi connectivity index (χ3n) is 2.79. The van der Waals surface area contributed by atoms with Gasteiger partial charge < -0.3 is 15.5 Å². The van der Waals surface area contributed by atoms with Gasteiger partial charge in [0.25, 0.3) is 0 Å². The van der Waals surface area contributed by atoms with Crippen molar-refractivity contribution in [1.82, 2.24) is 0 Å². The maximum Gasteiger partial charge on any atom is 0.146 e. The molecule has 100 valence electrons. The Hall–Kier alpha value is -1.94. The highest BCUT2D eigenvalue weighted by atomic mass is 35.5. The van der Waals surface area contributed by atoms with Crippen molar-refractivity contribution < 1.29 is 14.6 Å². The molecule has 2 aromatic rings. The van der Waals surface area contributed by atoms with Crippen molar-refractivity contribution in [3.63, 3.8) is 0 Å². The predicted octanol–water partition coefficient (Wildman–Crippen LogP) is 4.06. The summed E-state index contributed by atoms with van der Waals surface area (Å²) in [4.78, 5) is 0. The summed E-state index contributed by atoms with van der Waals surface area (Å²) in [5.74, 6) is -0.559. The average Bonchev–Trinajstić information content (AvgIpc) is 2.33. The van der Waals surface area contributed by atoms with Crippen LogP contribution in [0, 0.1) is 5.82 Å². The SMILES string of the molecule is CC(Nc1cc(Cl)ccc1F)c1c(O)cccc1O. The number of anilines is 1. The largest absolute Gasteiger partial charge is 0.507 e. The lowest BCUT2D eigenvalue weighted by Crippen LogP contribution is -2.08. The summed E-state index contributed by atoms with van der Waals surface area (Å²) in [6.45, 7) is 1.70. The second-order valence-electron chi connectivity index (χ2n) is 4.20. The minimum Gasteiger partial charge on any atom is -0.507 e. The van der Waals surface area contributed by atoms with Crippen molar-refractivity contribution >= 4 is 17.3 Å². The van der Waals surface area contributed by atoms with Crippen molar-refractivity contribution in [3.8, 4) is 11.5 Å². The monoisotopic (exact) mass is 281 g/mol. The first kappa shape index (κ1) is 13.5. The second kappa shape index (κ2) is 5.36. The molecule has 3 N–H and O–H groups in total. The fourth-order valence-electron chi connectivity index (χ4n) is 1.90. The van der Waals surface area contributed by atoms with Crippen LogP contribution >= 0.6 is 11.6 Å². The Morgan fingerprint density at radius 1 is 1.16 bits per heavy atom. The van der Waals surface area contributed by atoms with Crippen LogP contribution in [0.4, 0.5) is 10.1 Å². The van der Waals surface area contributed by atoms with Crippen molar-refractivity contribution in [3.05, 3.63) is 52.8 Å². The highest BCUT2D eigenvalue weighted by Gasteiger charge is 2.16. The number of halogens is 2. The van der Waals surface area contributed by atoms with Gasteiger partial charge in [0.15, 0.2) is 0 Å². The van der Waals surface area contributed by atoms with Crippen molar-refractivity contribution in [1.29, 1.82) is 0 Å². The molecule has 0 aliphatic rings. The maximum atomic E-state index is 13.6. The van der Waals surface area contributed by atoms with E-state index < -0.39 is 11.9 Å². The minimum atomic E-state index is -0.478. The van der Waals surface area contributed by atoms with E-state index in [9.17, 15) is 14.6 Å². The van der Waals surface area contributed by atoms with Gasteiger partial charge in [0, 0.05) is 5.02 Å². The first-order valence-corrected chi connectivity index (χ1v) is 6.09. The van der Waals surface area contributed by atoms with Gasteiger partial charge in [0.05, 0.1) is 17.3 Å². The topological polar surface area (TPSA) is 52.5 Å². The number of hydrogen-bond acceptors (Lipinski definition) is 3. The molecule has 0 amide bonds. The van der Waals surface area contributed by atoms with Crippen LogP contribution in [0.15, 0.2) is 36.4 Å². The number of rotatable bonds is 3. The highest BCUT2D eigenvalue weighted by molar-refractivity contribution is 6.30. The van der Waals surface area contributed by atoms with Gasteiger partial charge in [-0.15, -0.1) is 0 Å². The van der Waals surface area contributed by atoms with Crippen LogP contribution in [0.25, 0.3) is 0 Å². The summed E-state index contributed by atoms with van der Waals surface area (Å²) >= 11 is 5.80. The summed E-state index contributed by atoms with van der Waals surface area (Å²) < 4.78 is 13.6. The standard InChI is InChI=1S/C14H13ClFNO2/c1-8(14-12(18)3-2-4-13(14)19)17-11-7-9(15)5-6-10(11)16/h2-8,17-19H,1H3. The number of hydrogen-bond donors (Lipinski definition) is 3. The zero-order chi connectivity index (χ0) is 14.0. The summed E-state index contributed by atoms with van der Waals surface area (Å²) in [5.41, 5.74) is 0.518. The lowest BCUT2D eigenvalue weighted by atomic mass is 10.1. The first-order valence-electron chi connectivity index (χ1n) is 5.71. The first-order chi connectivity index (χ1) is 8.99. The number of phenols is 2. The van der Waals surface area contributed by atoms with Gasteiger partial charge in [-0.1, -0.05) is 17.7 Å². The molecule has 0 saturated heterocycles. The third kappa shape index (κ3) is 2.90. The Bertz CT molecular complexity index is 584. The molecule has 0 bridgehead atoms. The van der Waals surface area contributed by atoms with Crippen LogP contribution in [0.3, 0.4) is 0 Å². The van der Waals surface area contributed by atoms with Crippen molar-refractivity contribution in [2.75, 3.05) is 5.32 Å². The van der Waals surface area contributed by atoms with Gasteiger partial charge >= 0.3 is 0 Å². The van der Waals surface area contributed by atoms with Gasteiger partial charge in [-0.25, -0.2) is 4.39 Å². The molecule has 5 heteroatoms. The Morgan fingerprint density at radius 3 is 2.42 bits per heavy atom. The molecule has 1 unspecified atom stereocenters. The zero-order valence-corrected chi connectivity index (χ0v) is 10.9. The van der Waals surface area contributed by atoms with E-state index in [1.807, 2.05) is 0 Å². The van der Waals surface area contributed by atoms with Gasteiger partial charge in [-0.3, -0.25) is 0 Å². The van der Waals surface area contributed by atoms with E-state index in [1.54, 1.807) is 6.92 Å². The third-order valence-corrected chi connectivity index (χ3v) is 3.03. The van der Waals surface area contributed by atoms with Crippen molar-refractivity contribution in [2.45, 2.75) is 13.0 Å². The lowest BCUT2D eigenvalue weighted by molar-refractivity contribution is 0.434. The van der Waals surface area contributed by atoms with E-state index in [4.69, 9.17) is 11.6 Å². The van der Waals surface area contributed by atoms with E-state index in [1.165, 1.54) is 36.4 Å². The molecule has 2 rings (SSSR count). The molecule has 3 nitrogen and oxygen atoms in total. The molecular weight excluding hydrogens is 269 g/mol. The van der Waals surface area contributed by atoms with E-state index in [2.05, 4.69) is 5.32 Å². The van der Waals surface area contributed by atoms with E-state index in [0.29, 0.717) is 10.6 Å². The van der Waals surface area contributed by atoms with Gasteiger partial charge in [-0.05, 0) is 37.3 Å². The van der Waals surface area contributed by atoms with E-state index in [0.717, 1.165) is 0 Å². The molecule has 0 aromatic heterocycles. The Kier molecular flexibility index (Phi) is 3.81. The Balaban J connectivity index is 2.31. The van der Waals surface area contributed by atoms with Crippen molar-refractivity contribution in [2.24, 2.45) is 0 Å². The predicted molar refractivity (Wildman–Crippen MR) is 73.2 cm³/mol. The highest BCUT2D eigenvalue weighted by Crippen LogP contribution is 2.34. The fourth-order valence-corrected chi connectivity index (χ4v) is 2.07. The zero-order valence-electron chi connectivity index (χ0n) is 10.2. The summed E-state index contributed by atoms with van der Waals surface area (Å²) in [6.07, 6.45) is 0. The molecule has 0 aliphatic heterocycles. The molecule has 0 fully saturated rings. The van der Waals surface area contributed by atoms with Crippen LogP contribution in [0.5, 0.6) is 11.5 Å². The fraction of sp³-hybridized carbons (Fsp3) is 0.143. The average molecular weight is 282 g/mol. The molecule has 0 aliphatic carbocycles.